The summed E-state index contributed by atoms with van der Waals surface area (Å²) in [6.45, 7) is 4.13. The lowest BCUT2D eigenvalue weighted by Crippen LogP contribution is -2.49. The monoisotopic (exact) mass is 478 g/mol. The summed E-state index contributed by atoms with van der Waals surface area (Å²) in [5, 5.41) is 14.9. The molecule has 0 heterocycles. The van der Waals surface area contributed by atoms with Gasteiger partial charge in [0.1, 0.15) is 6.61 Å². The van der Waals surface area contributed by atoms with Gasteiger partial charge >= 0.3 is 12.1 Å². The Kier molecular flexibility index (Phi) is 7.43. The van der Waals surface area contributed by atoms with E-state index >= 15 is 0 Å². The van der Waals surface area contributed by atoms with Crippen LogP contribution in [0.1, 0.15) is 63.0 Å². The summed E-state index contributed by atoms with van der Waals surface area (Å²) in [5.41, 5.74) is 3.90. The first-order valence-electron chi connectivity index (χ1n) is 12.4. The van der Waals surface area contributed by atoms with Crippen LogP contribution in [0.15, 0.2) is 48.5 Å². The number of carboxylic acid groups (broad SMARTS) is 1. The third-order valence-corrected chi connectivity index (χ3v) is 7.41. The van der Waals surface area contributed by atoms with Gasteiger partial charge in [0.15, 0.2) is 0 Å². The number of hydrogen-bond acceptors (Lipinski definition) is 4. The maximum absolute atomic E-state index is 12.9. The molecule has 2 aromatic rings. The number of carbonyl (C=O) groups excluding carboxylic acids is 2. The van der Waals surface area contributed by atoms with Crippen LogP contribution >= 0.6 is 0 Å². The Bertz CT molecular complexity index is 1050. The van der Waals surface area contributed by atoms with Crippen molar-refractivity contribution in [1.82, 2.24) is 10.6 Å². The van der Waals surface area contributed by atoms with Gasteiger partial charge in [0.25, 0.3) is 0 Å². The SMILES string of the molecule is CC(C)(CCNC(=O)OCC1c2ccccc2-c2ccccc21)C(=O)NC(CC(=O)O)C1CCC1. The normalized spacial score (nSPS) is 15.9. The van der Waals surface area contributed by atoms with Crippen molar-refractivity contribution >= 4 is 18.0 Å². The molecule has 0 spiro atoms. The average Bonchev–Trinajstić information content (AvgIpc) is 3.09. The second kappa shape index (κ2) is 10.5. The van der Waals surface area contributed by atoms with Gasteiger partial charge in [0, 0.05) is 23.9 Å². The molecule has 7 nitrogen and oxygen atoms in total. The Morgan fingerprint density at radius 3 is 2.17 bits per heavy atom. The molecule has 2 amide bonds. The Balaban J connectivity index is 1.26. The van der Waals surface area contributed by atoms with Crippen molar-refractivity contribution in [2.45, 2.75) is 57.9 Å². The number of carbonyl (C=O) groups is 3. The molecule has 2 aromatic carbocycles. The van der Waals surface area contributed by atoms with E-state index in [1.54, 1.807) is 13.8 Å². The van der Waals surface area contributed by atoms with Crippen molar-refractivity contribution in [3.05, 3.63) is 59.7 Å². The summed E-state index contributed by atoms with van der Waals surface area (Å²) in [7, 11) is 0. The fourth-order valence-electron chi connectivity index (χ4n) is 4.97. The van der Waals surface area contributed by atoms with Crippen LogP contribution in [0.5, 0.6) is 0 Å². The molecule has 186 valence electrons. The lowest BCUT2D eigenvalue weighted by molar-refractivity contribution is -0.139. The molecule has 2 aliphatic rings. The molecule has 0 aromatic heterocycles. The van der Waals surface area contributed by atoms with Crippen LogP contribution in [-0.4, -0.2) is 42.3 Å². The number of ether oxygens (including phenoxy) is 1. The molecule has 0 saturated heterocycles. The van der Waals surface area contributed by atoms with Gasteiger partial charge in [-0.05, 0) is 47.4 Å². The minimum absolute atomic E-state index is 0.00644. The van der Waals surface area contributed by atoms with Crippen LogP contribution in [0.2, 0.25) is 0 Å². The van der Waals surface area contributed by atoms with Gasteiger partial charge in [0.05, 0.1) is 6.42 Å². The lowest BCUT2D eigenvalue weighted by Gasteiger charge is -2.35. The molecule has 0 radical (unpaired) electrons. The molecule has 1 saturated carbocycles. The Hall–Kier alpha value is -3.35. The standard InChI is InChI=1S/C28H34N2O5/c1-28(2,26(33)30-24(16-25(31)32)18-8-7-9-18)14-15-29-27(34)35-17-23-21-12-5-3-10-19(21)20-11-4-6-13-22(20)23/h3-6,10-13,18,23-24H,7-9,14-17H2,1-2H3,(H,29,34)(H,30,33)(H,31,32). The smallest absolute Gasteiger partial charge is 0.407 e. The largest absolute Gasteiger partial charge is 0.481 e. The molecule has 2 aliphatic carbocycles. The van der Waals surface area contributed by atoms with Gasteiger partial charge in [-0.2, -0.15) is 0 Å². The predicted octanol–water partition coefficient (Wildman–Crippen LogP) is 4.70. The van der Waals surface area contributed by atoms with E-state index in [1.807, 2.05) is 24.3 Å². The van der Waals surface area contributed by atoms with Crippen LogP contribution < -0.4 is 10.6 Å². The molecule has 4 rings (SSSR count). The zero-order chi connectivity index (χ0) is 25.0. The van der Waals surface area contributed by atoms with E-state index in [4.69, 9.17) is 4.74 Å². The molecule has 0 aliphatic heterocycles. The molecule has 3 N–H and O–H groups in total. The Morgan fingerprint density at radius 1 is 1.03 bits per heavy atom. The van der Waals surface area contributed by atoms with Gasteiger partial charge in [0.2, 0.25) is 5.91 Å². The van der Waals surface area contributed by atoms with Crippen LogP contribution in [0, 0.1) is 11.3 Å². The highest BCUT2D eigenvalue weighted by Gasteiger charge is 2.35. The third-order valence-electron chi connectivity index (χ3n) is 7.41. The third kappa shape index (κ3) is 5.66. The summed E-state index contributed by atoms with van der Waals surface area (Å²) < 4.78 is 5.56. The minimum atomic E-state index is -0.906. The number of hydrogen-bond donors (Lipinski definition) is 3. The lowest BCUT2D eigenvalue weighted by atomic mass is 9.77. The fraction of sp³-hybridized carbons (Fsp3) is 0.464. The number of amides is 2. The summed E-state index contributed by atoms with van der Waals surface area (Å²) in [6.07, 6.45) is 2.80. The predicted molar refractivity (Wildman–Crippen MR) is 133 cm³/mol. The zero-order valence-corrected chi connectivity index (χ0v) is 20.4. The van der Waals surface area contributed by atoms with E-state index in [0.29, 0.717) is 6.42 Å². The van der Waals surface area contributed by atoms with E-state index in [9.17, 15) is 19.5 Å². The number of aliphatic carboxylic acids is 1. The summed E-state index contributed by atoms with van der Waals surface area (Å²) in [4.78, 5) is 36.5. The van der Waals surface area contributed by atoms with E-state index in [-0.39, 0.29) is 43.4 Å². The second-order valence-electron chi connectivity index (χ2n) is 10.3. The first kappa shape index (κ1) is 24.8. The maximum atomic E-state index is 12.9. The molecule has 1 atom stereocenters. The number of rotatable bonds is 10. The molecular weight excluding hydrogens is 444 g/mol. The first-order valence-corrected chi connectivity index (χ1v) is 12.4. The molecule has 1 unspecified atom stereocenters. The van der Waals surface area contributed by atoms with Gasteiger partial charge in [-0.3, -0.25) is 9.59 Å². The first-order chi connectivity index (χ1) is 16.8. The number of fused-ring (bicyclic) bond motifs is 3. The van der Waals surface area contributed by atoms with Crippen LogP contribution in [0.4, 0.5) is 4.79 Å². The minimum Gasteiger partial charge on any atom is -0.481 e. The summed E-state index contributed by atoms with van der Waals surface area (Å²) in [5.74, 6) is -0.875. The summed E-state index contributed by atoms with van der Waals surface area (Å²) >= 11 is 0. The molecular formula is C28H34N2O5. The summed E-state index contributed by atoms with van der Waals surface area (Å²) in [6, 6.07) is 16.0. The maximum Gasteiger partial charge on any atom is 0.407 e. The second-order valence-corrected chi connectivity index (χ2v) is 10.3. The quantitative estimate of drug-likeness (QED) is 0.459. The van der Waals surface area contributed by atoms with Gasteiger partial charge in [-0.1, -0.05) is 68.8 Å². The highest BCUT2D eigenvalue weighted by atomic mass is 16.5. The molecule has 7 heteroatoms. The van der Waals surface area contributed by atoms with Gasteiger partial charge in [-0.15, -0.1) is 0 Å². The van der Waals surface area contributed by atoms with Crippen molar-refractivity contribution in [1.29, 1.82) is 0 Å². The van der Waals surface area contributed by atoms with E-state index < -0.39 is 17.5 Å². The van der Waals surface area contributed by atoms with Crippen molar-refractivity contribution in [2.75, 3.05) is 13.2 Å². The fourth-order valence-corrected chi connectivity index (χ4v) is 4.97. The average molecular weight is 479 g/mol. The topological polar surface area (TPSA) is 105 Å². The van der Waals surface area contributed by atoms with Gasteiger partial charge < -0.3 is 20.5 Å². The molecule has 1 fully saturated rings. The Labute approximate surface area is 206 Å². The van der Waals surface area contributed by atoms with E-state index in [2.05, 4.69) is 34.9 Å². The zero-order valence-electron chi connectivity index (χ0n) is 20.4. The van der Waals surface area contributed by atoms with Crippen molar-refractivity contribution in [3.63, 3.8) is 0 Å². The highest BCUT2D eigenvalue weighted by Crippen LogP contribution is 2.44. The van der Waals surface area contributed by atoms with E-state index in [1.165, 1.54) is 11.1 Å². The number of alkyl carbamates (subject to hydrolysis) is 1. The Morgan fingerprint density at radius 2 is 1.63 bits per heavy atom. The van der Waals surface area contributed by atoms with Crippen LogP contribution in [-0.2, 0) is 14.3 Å². The number of benzene rings is 2. The molecule has 0 bridgehead atoms. The number of carboxylic acids is 1. The van der Waals surface area contributed by atoms with Crippen molar-refractivity contribution in [3.8, 4) is 11.1 Å². The van der Waals surface area contributed by atoms with Crippen molar-refractivity contribution < 1.29 is 24.2 Å². The van der Waals surface area contributed by atoms with Gasteiger partial charge in [-0.25, -0.2) is 4.79 Å². The van der Waals surface area contributed by atoms with Crippen molar-refractivity contribution in [2.24, 2.45) is 11.3 Å². The van der Waals surface area contributed by atoms with Crippen LogP contribution in [0.25, 0.3) is 11.1 Å². The highest BCUT2D eigenvalue weighted by molar-refractivity contribution is 5.83. The van der Waals surface area contributed by atoms with E-state index in [0.717, 1.165) is 30.4 Å². The molecule has 35 heavy (non-hydrogen) atoms. The van der Waals surface area contributed by atoms with Crippen LogP contribution in [0.3, 0.4) is 0 Å². The number of nitrogens with one attached hydrogen (secondary N) is 2.